The molecule has 6 heteroatoms. The number of hydrogen-bond donors (Lipinski definition) is 2. The van der Waals surface area contributed by atoms with E-state index in [-0.39, 0.29) is 18.1 Å². The fourth-order valence-electron chi connectivity index (χ4n) is 1.71. The van der Waals surface area contributed by atoms with E-state index in [0.29, 0.717) is 6.42 Å². The summed E-state index contributed by atoms with van der Waals surface area (Å²) in [7, 11) is 1.69. The van der Waals surface area contributed by atoms with Crippen molar-refractivity contribution in [3.05, 3.63) is 47.8 Å². The Morgan fingerprint density at radius 3 is 2.79 bits per heavy atom. The Bertz CT molecular complexity index is 539. The van der Waals surface area contributed by atoms with E-state index >= 15 is 0 Å². The monoisotopic (exact) mass is 260 g/mol. The standard InChI is InChI=1S/C13H16N4O2/c1-17-9-12(15-16-17)13(19)14-8-11(18)7-10-5-3-2-4-6-10/h2-6,9,11,18H,7-8H2,1H3,(H,14,19). The van der Waals surface area contributed by atoms with Gasteiger partial charge < -0.3 is 10.4 Å². The molecule has 0 aliphatic heterocycles. The van der Waals surface area contributed by atoms with Crippen molar-refractivity contribution in [2.45, 2.75) is 12.5 Å². The normalized spacial score (nSPS) is 12.1. The minimum Gasteiger partial charge on any atom is -0.391 e. The van der Waals surface area contributed by atoms with Crippen LogP contribution in [-0.4, -0.2) is 38.7 Å². The first kappa shape index (κ1) is 13.2. The maximum Gasteiger partial charge on any atom is 0.273 e. The molecule has 1 heterocycles. The minimum absolute atomic E-state index is 0.185. The molecule has 0 aliphatic carbocycles. The highest BCUT2D eigenvalue weighted by molar-refractivity contribution is 5.91. The molecule has 2 N–H and O–H groups in total. The van der Waals surface area contributed by atoms with Gasteiger partial charge in [0.1, 0.15) is 0 Å². The highest BCUT2D eigenvalue weighted by atomic mass is 16.3. The van der Waals surface area contributed by atoms with Crippen LogP contribution in [-0.2, 0) is 13.5 Å². The lowest BCUT2D eigenvalue weighted by molar-refractivity contribution is 0.0911. The van der Waals surface area contributed by atoms with Crippen molar-refractivity contribution >= 4 is 5.91 Å². The Balaban J connectivity index is 1.80. The van der Waals surface area contributed by atoms with Crippen molar-refractivity contribution in [2.75, 3.05) is 6.54 Å². The number of nitrogens with zero attached hydrogens (tertiary/aromatic N) is 3. The fraction of sp³-hybridized carbons (Fsp3) is 0.308. The number of aromatic nitrogens is 3. The molecule has 0 saturated heterocycles. The molecule has 2 rings (SSSR count). The van der Waals surface area contributed by atoms with Gasteiger partial charge in [-0.05, 0) is 5.56 Å². The van der Waals surface area contributed by atoms with Gasteiger partial charge in [-0.2, -0.15) is 0 Å². The number of aryl methyl sites for hydroxylation is 1. The summed E-state index contributed by atoms with van der Waals surface area (Å²) in [6.07, 6.45) is 1.41. The maximum atomic E-state index is 11.7. The lowest BCUT2D eigenvalue weighted by atomic mass is 10.1. The zero-order valence-corrected chi connectivity index (χ0v) is 10.7. The van der Waals surface area contributed by atoms with Crippen molar-refractivity contribution in [1.29, 1.82) is 0 Å². The van der Waals surface area contributed by atoms with E-state index in [1.807, 2.05) is 30.3 Å². The minimum atomic E-state index is -0.622. The quantitative estimate of drug-likeness (QED) is 0.802. The molecule has 1 unspecified atom stereocenters. The molecule has 0 saturated carbocycles. The van der Waals surface area contributed by atoms with Gasteiger partial charge in [0.05, 0.1) is 12.3 Å². The third kappa shape index (κ3) is 3.89. The smallest absolute Gasteiger partial charge is 0.273 e. The molecule has 0 bridgehead atoms. The first-order chi connectivity index (χ1) is 9.15. The molecule has 0 spiro atoms. The Morgan fingerprint density at radius 2 is 2.16 bits per heavy atom. The average Bonchev–Trinajstić information content (AvgIpc) is 2.84. The molecule has 0 radical (unpaired) electrons. The second-order valence-electron chi connectivity index (χ2n) is 4.33. The number of carbonyl (C=O) groups is 1. The Hall–Kier alpha value is -2.21. The van der Waals surface area contributed by atoms with Crippen LogP contribution in [0.15, 0.2) is 36.5 Å². The summed E-state index contributed by atoms with van der Waals surface area (Å²) in [6, 6.07) is 9.63. The lowest BCUT2D eigenvalue weighted by Crippen LogP contribution is -2.33. The predicted molar refractivity (Wildman–Crippen MR) is 69.5 cm³/mol. The van der Waals surface area contributed by atoms with Crippen molar-refractivity contribution in [1.82, 2.24) is 20.3 Å². The van der Waals surface area contributed by atoms with Crippen LogP contribution >= 0.6 is 0 Å². The number of benzene rings is 1. The molecule has 0 fully saturated rings. The molecule has 1 amide bonds. The predicted octanol–water partition coefficient (Wildman–Crippen LogP) is 0.148. The van der Waals surface area contributed by atoms with E-state index in [1.165, 1.54) is 10.9 Å². The highest BCUT2D eigenvalue weighted by Crippen LogP contribution is 2.02. The van der Waals surface area contributed by atoms with E-state index in [0.717, 1.165) is 5.56 Å². The van der Waals surface area contributed by atoms with Crippen LogP contribution in [0.2, 0.25) is 0 Å². The van der Waals surface area contributed by atoms with Crippen molar-refractivity contribution < 1.29 is 9.90 Å². The Kier molecular flexibility index (Phi) is 4.25. The molecule has 1 aromatic heterocycles. The van der Waals surface area contributed by atoms with Gasteiger partial charge in [-0.3, -0.25) is 9.48 Å². The van der Waals surface area contributed by atoms with Gasteiger partial charge in [0.15, 0.2) is 5.69 Å². The molecular formula is C13H16N4O2. The topological polar surface area (TPSA) is 80.0 Å². The summed E-state index contributed by atoms with van der Waals surface area (Å²) in [5, 5.41) is 19.8. The van der Waals surface area contributed by atoms with Crippen LogP contribution in [0.3, 0.4) is 0 Å². The number of amides is 1. The number of rotatable bonds is 5. The van der Waals surface area contributed by atoms with Crippen LogP contribution in [0.25, 0.3) is 0 Å². The van der Waals surface area contributed by atoms with Gasteiger partial charge in [0, 0.05) is 20.0 Å². The van der Waals surface area contributed by atoms with Gasteiger partial charge >= 0.3 is 0 Å². The van der Waals surface area contributed by atoms with E-state index in [4.69, 9.17) is 0 Å². The summed E-state index contributed by atoms with van der Waals surface area (Å²) in [5.74, 6) is -0.333. The molecule has 2 aromatic rings. The molecule has 19 heavy (non-hydrogen) atoms. The van der Waals surface area contributed by atoms with Crippen LogP contribution in [0.5, 0.6) is 0 Å². The number of nitrogens with one attached hydrogen (secondary N) is 1. The summed E-state index contributed by atoms with van der Waals surface area (Å²) in [6.45, 7) is 0.185. The van der Waals surface area contributed by atoms with Crippen molar-refractivity contribution in [3.8, 4) is 0 Å². The van der Waals surface area contributed by atoms with Gasteiger partial charge in [-0.15, -0.1) is 5.10 Å². The number of aliphatic hydroxyl groups excluding tert-OH is 1. The molecule has 0 aliphatic rings. The third-order valence-corrected chi connectivity index (χ3v) is 2.65. The van der Waals surface area contributed by atoms with E-state index in [9.17, 15) is 9.90 Å². The van der Waals surface area contributed by atoms with Crippen LogP contribution in [0, 0.1) is 0 Å². The molecule has 6 nitrogen and oxygen atoms in total. The zero-order chi connectivity index (χ0) is 13.7. The number of hydrogen-bond acceptors (Lipinski definition) is 4. The third-order valence-electron chi connectivity index (χ3n) is 2.65. The largest absolute Gasteiger partial charge is 0.391 e. The van der Waals surface area contributed by atoms with Crippen LogP contribution in [0.1, 0.15) is 16.1 Å². The molecule has 1 atom stereocenters. The highest BCUT2D eigenvalue weighted by Gasteiger charge is 2.12. The van der Waals surface area contributed by atoms with Crippen molar-refractivity contribution in [3.63, 3.8) is 0 Å². The first-order valence-electron chi connectivity index (χ1n) is 6.01. The van der Waals surface area contributed by atoms with Gasteiger partial charge in [-0.25, -0.2) is 0 Å². The van der Waals surface area contributed by atoms with E-state index < -0.39 is 6.10 Å². The van der Waals surface area contributed by atoms with E-state index in [2.05, 4.69) is 15.6 Å². The summed E-state index contributed by atoms with van der Waals surface area (Å²) in [5.41, 5.74) is 1.28. The summed E-state index contributed by atoms with van der Waals surface area (Å²) < 4.78 is 1.45. The van der Waals surface area contributed by atoms with Gasteiger partial charge in [-0.1, -0.05) is 35.5 Å². The number of carbonyl (C=O) groups excluding carboxylic acids is 1. The average molecular weight is 260 g/mol. The lowest BCUT2D eigenvalue weighted by Gasteiger charge is -2.11. The summed E-state index contributed by atoms with van der Waals surface area (Å²) in [4.78, 5) is 11.7. The zero-order valence-electron chi connectivity index (χ0n) is 10.7. The first-order valence-corrected chi connectivity index (χ1v) is 6.01. The summed E-state index contributed by atoms with van der Waals surface area (Å²) >= 11 is 0. The second kappa shape index (κ2) is 6.10. The van der Waals surface area contributed by atoms with Crippen LogP contribution in [0.4, 0.5) is 0 Å². The Morgan fingerprint density at radius 1 is 1.42 bits per heavy atom. The maximum absolute atomic E-state index is 11.7. The molecule has 1 aromatic carbocycles. The molecule has 100 valence electrons. The molecular weight excluding hydrogens is 244 g/mol. The second-order valence-corrected chi connectivity index (χ2v) is 4.33. The fourth-order valence-corrected chi connectivity index (χ4v) is 1.71. The van der Waals surface area contributed by atoms with Crippen LogP contribution < -0.4 is 5.32 Å². The van der Waals surface area contributed by atoms with Gasteiger partial charge in [0.25, 0.3) is 5.91 Å². The SMILES string of the molecule is Cn1cc(C(=O)NCC(O)Cc2ccccc2)nn1. The van der Waals surface area contributed by atoms with Gasteiger partial charge in [0.2, 0.25) is 0 Å². The van der Waals surface area contributed by atoms with Crippen molar-refractivity contribution in [2.24, 2.45) is 7.05 Å². The number of aliphatic hydroxyl groups is 1. The van der Waals surface area contributed by atoms with E-state index in [1.54, 1.807) is 7.05 Å². The Labute approximate surface area is 111 Å².